The molecule has 0 N–H and O–H groups in total. The number of nitrogens with zero attached hydrogens (tertiary/aromatic N) is 3. The molecule has 3 aliphatic rings. The number of fused-ring (bicyclic) bond motifs is 3. The molecular formula is C18H20ClN3O2S. The molecule has 2 aliphatic heterocycles. The first-order chi connectivity index (χ1) is 12.0. The summed E-state index contributed by atoms with van der Waals surface area (Å²) >= 11 is 6.48. The van der Waals surface area contributed by atoms with Crippen molar-refractivity contribution >= 4 is 27.3 Å². The molecule has 5 rings (SSSR count). The van der Waals surface area contributed by atoms with Crippen molar-refractivity contribution < 1.29 is 8.42 Å². The summed E-state index contributed by atoms with van der Waals surface area (Å²) in [6.45, 7) is 1.22. The van der Waals surface area contributed by atoms with Crippen LogP contribution in [0.25, 0.3) is 0 Å². The van der Waals surface area contributed by atoms with E-state index in [2.05, 4.69) is 11.1 Å². The summed E-state index contributed by atoms with van der Waals surface area (Å²) < 4.78 is 30.4. The van der Waals surface area contributed by atoms with Crippen LogP contribution in [0.1, 0.15) is 43.5 Å². The molecule has 3 heterocycles. The zero-order valence-corrected chi connectivity index (χ0v) is 15.5. The quantitative estimate of drug-likeness (QED) is 0.804. The van der Waals surface area contributed by atoms with E-state index in [9.17, 15) is 8.42 Å². The maximum Gasteiger partial charge on any atom is 0.281 e. The summed E-state index contributed by atoms with van der Waals surface area (Å²) in [5.41, 5.74) is 1.70. The summed E-state index contributed by atoms with van der Waals surface area (Å²) in [5, 5.41) is 0.826. The molecular weight excluding hydrogens is 358 g/mol. The van der Waals surface area contributed by atoms with E-state index < -0.39 is 10.0 Å². The van der Waals surface area contributed by atoms with Crippen LogP contribution >= 0.6 is 11.6 Å². The van der Waals surface area contributed by atoms with E-state index in [0.717, 1.165) is 56.5 Å². The van der Waals surface area contributed by atoms with Crippen molar-refractivity contribution in [1.82, 2.24) is 9.55 Å². The second-order valence-electron chi connectivity index (χ2n) is 7.40. The van der Waals surface area contributed by atoms with Gasteiger partial charge in [0.2, 0.25) is 0 Å². The second kappa shape index (κ2) is 5.24. The van der Waals surface area contributed by atoms with Crippen molar-refractivity contribution in [3.63, 3.8) is 0 Å². The third-order valence-electron chi connectivity index (χ3n) is 6.05. The summed E-state index contributed by atoms with van der Waals surface area (Å²) in [4.78, 5) is 4.33. The molecule has 1 fully saturated rings. The van der Waals surface area contributed by atoms with Crippen LogP contribution in [0, 0.1) is 0 Å². The lowest BCUT2D eigenvalue weighted by atomic mass is 9.81. The number of benzene rings is 1. The molecule has 2 aromatic rings. The van der Waals surface area contributed by atoms with Gasteiger partial charge in [-0.2, -0.15) is 8.42 Å². The number of hydrogen-bond acceptors (Lipinski definition) is 3. The van der Waals surface area contributed by atoms with E-state index in [1.54, 1.807) is 10.4 Å². The van der Waals surface area contributed by atoms with Crippen LogP contribution in [0.15, 0.2) is 29.4 Å². The average Bonchev–Trinajstić information content (AvgIpc) is 3.33. The maximum atomic E-state index is 13.5. The van der Waals surface area contributed by atoms with Crippen molar-refractivity contribution in [1.29, 1.82) is 0 Å². The predicted molar refractivity (Wildman–Crippen MR) is 96.7 cm³/mol. The third-order valence-corrected chi connectivity index (χ3v) is 8.10. The van der Waals surface area contributed by atoms with Crippen molar-refractivity contribution in [2.75, 3.05) is 10.8 Å². The number of imidazole rings is 1. The van der Waals surface area contributed by atoms with Gasteiger partial charge in [-0.3, -0.25) is 4.31 Å². The van der Waals surface area contributed by atoms with E-state index >= 15 is 0 Å². The lowest BCUT2D eigenvalue weighted by Gasteiger charge is -2.25. The molecule has 5 nitrogen and oxygen atoms in total. The number of sulfonamides is 1. The highest BCUT2D eigenvalue weighted by Crippen LogP contribution is 2.53. The molecule has 0 radical (unpaired) electrons. The van der Waals surface area contributed by atoms with Gasteiger partial charge in [-0.15, -0.1) is 0 Å². The van der Waals surface area contributed by atoms with Crippen molar-refractivity contribution in [2.24, 2.45) is 0 Å². The normalized spacial score (nSPS) is 21.1. The number of hydrogen-bond donors (Lipinski definition) is 0. The highest BCUT2D eigenvalue weighted by atomic mass is 35.5. The van der Waals surface area contributed by atoms with Gasteiger partial charge < -0.3 is 4.57 Å². The van der Waals surface area contributed by atoms with Crippen molar-refractivity contribution in [3.8, 4) is 0 Å². The summed E-state index contributed by atoms with van der Waals surface area (Å²) in [7, 11) is -3.67. The van der Waals surface area contributed by atoms with E-state index in [-0.39, 0.29) is 5.41 Å². The standard InChI is InChI=1S/C18H20ClN3O2S/c19-14-6-3-5-13-17(14)22(12-18(13)8-1-2-9-18)25(23,24)16-11-20-15-7-4-10-21(15)16/h3,5-6,11H,1-2,4,7-10,12H2. The Kier molecular flexibility index (Phi) is 3.29. The monoisotopic (exact) mass is 377 g/mol. The van der Waals surface area contributed by atoms with E-state index in [0.29, 0.717) is 22.3 Å². The van der Waals surface area contributed by atoms with Crippen LogP contribution in [0.2, 0.25) is 5.02 Å². The first kappa shape index (κ1) is 15.7. The molecule has 0 unspecified atom stereocenters. The van der Waals surface area contributed by atoms with Gasteiger partial charge in [-0.25, -0.2) is 4.98 Å². The Labute approximate surface area is 152 Å². The average molecular weight is 378 g/mol. The molecule has 1 saturated carbocycles. The Bertz CT molecular complexity index is 961. The zero-order valence-electron chi connectivity index (χ0n) is 13.9. The molecule has 1 aliphatic carbocycles. The molecule has 0 atom stereocenters. The van der Waals surface area contributed by atoms with Crippen molar-refractivity contribution in [2.45, 2.75) is 55.5 Å². The Morgan fingerprint density at radius 2 is 1.96 bits per heavy atom. The first-order valence-corrected chi connectivity index (χ1v) is 10.7. The van der Waals surface area contributed by atoms with Gasteiger partial charge in [0, 0.05) is 24.9 Å². The molecule has 1 spiro atoms. The number of para-hydroxylation sites is 1. The third kappa shape index (κ3) is 2.07. The summed E-state index contributed by atoms with van der Waals surface area (Å²) in [6.07, 6.45) is 7.64. The van der Waals surface area contributed by atoms with E-state index in [1.807, 2.05) is 10.6 Å². The minimum Gasteiger partial charge on any atom is -0.318 e. The minimum atomic E-state index is -3.67. The van der Waals surface area contributed by atoms with Gasteiger partial charge in [-0.05, 0) is 30.9 Å². The van der Waals surface area contributed by atoms with Crippen LogP contribution < -0.4 is 4.31 Å². The van der Waals surface area contributed by atoms with Crippen LogP contribution in [0.5, 0.6) is 0 Å². The lowest BCUT2D eigenvalue weighted by Crippen LogP contribution is -2.36. The molecule has 0 saturated heterocycles. The first-order valence-electron chi connectivity index (χ1n) is 8.89. The number of aryl methyl sites for hydroxylation is 1. The smallest absolute Gasteiger partial charge is 0.281 e. The lowest BCUT2D eigenvalue weighted by molar-refractivity contribution is 0.476. The minimum absolute atomic E-state index is 0.0822. The molecule has 132 valence electrons. The van der Waals surface area contributed by atoms with Gasteiger partial charge >= 0.3 is 0 Å². The molecule has 7 heteroatoms. The Balaban J connectivity index is 1.68. The largest absolute Gasteiger partial charge is 0.318 e. The summed E-state index contributed by atoms with van der Waals surface area (Å²) in [6, 6.07) is 5.79. The SMILES string of the molecule is O=S(=O)(c1cnc2n1CCC2)N1CC2(CCCC2)c2cccc(Cl)c21. The van der Waals surface area contributed by atoms with Crippen LogP contribution in [0.4, 0.5) is 5.69 Å². The number of halogens is 1. The highest BCUT2D eigenvalue weighted by molar-refractivity contribution is 7.92. The molecule has 0 amide bonds. The van der Waals surface area contributed by atoms with Crippen molar-refractivity contribution in [3.05, 3.63) is 40.8 Å². The van der Waals surface area contributed by atoms with Crippen LogP contribution in [-0.2, 0) is 28.4 Å². The molecule has 1 aromatic heterocycles. The molecule has 25 heavy (non-hydrogen) atoms. The Morgan fingerprint density at radius 1 is 1.16 bits per heavy atom. The van der Waals surface area contributed by atoms with Crippen LogP contribution in [0.3, 0.4) is 0 Å². The fourth-order valence-corrected chi connectivity index (χ4v) is 6.94. The molecule has 1 aromatic carbocycles. The fraction of sp³-hybridized carbons (Fsp3) is 0.500. The van der Waals surface area contributed by atoms with E-state index in [4.69, 9.17) is 11.6 Å². The summed E-state index contributed by atoms with van der Waals surface area (Å²) in [5.74, 6) is 0.868. The van der Waals surface area contributed by atoms with E-state index in [1.165, 1.54) is 6.20 Å². The fourth-order valence-electron chi connectivity index (χ4n) is 4.87. The predicted octanol–water partition coefficient (Wildman–Crippen LogP) is 3.50. The number of rotatable bonds is 2. The Morgan fingerprint density at radius 3 is 2.76 bits per heavy atom. The van der Waals surface area contributed by atoms with Gasteiger partial charge in [0.1, 0.15) is 5.82 Å². The second-order valence-corrected chi connectivity index (χ2v) is 9.62. The Hall–Kier alpha value is -1.53. The maximum absolute atomic E-state index is 13.5. The van der Waals surface area contributed by atoms with Crippen LogP contribution in [-0.4, -0.2) is 24.5 Å². The van der Waals surface area contributed by atoms with Gasteiger partial charge in [0.05, 0.1) is 16.9 Å². The number of aromatic nitrogens is 2. The van der Waals surface area contributed by atoms with Gasteiger partial charge in [-0.1, -0.05) is 36.6 Å². The highest BCUT2D eigenvalue weighted by Gasteiger charge is 2.49. The topological polar surface area (TPSA) is 55.2 Å². The number of anilines is 1. The van der Waals surface area contributed by atoms with Gasteiger partial charge in [0.15, 0.2) is 5.03 Å². The van der Waals surface area contributed by atoms with Gasteiger partial charge in [0.25, 0.3) is 10.0 Å². The molecule has 0 bridgehead atoms. The zero-order chi connectivity index (χ0) is 17.2.